The van der Waals surface area contributed by atoms with Gasteiger partial charge in [0, 0.05) is 17.1 Å². The van der Waals surface area contributed by atoms with Crippen LogP contribution in [0.3, 0.4) is 0 Å². The highest BCUT2D eigenvalue weighted by molar-refractivity contribution is 6.36. The minimum absolute atomic E-state index is 0.0795. The summed E-state index contributed by atoms with van der Waals surface area (Å²) in [4.78, 5) is 24.4. The molecule has 4 nitrogen and oxygen atoms in total. The normalized spacial score (nSPS) is 11.1. The van der Waals surface area contributed by atoms with E-state index >= 15 is 0 Å². The minimum Gasteiger partial charge on any atom is -0.354 e. The maximum atomic E-state index is 12.4. The summed E-state index contributed by atoms with van der Waals surface area (Å²) in [5, 5.41) is 6.22. The zero-order valence-electron chi connectivity index (χ0n) is 12.6. The highest BCUT2D eigenvalue weighted by atomic mass is 35.5. The quantitative estimate of drug-likeness (QED) is 0.779. The molecular formula is C17H13Cl3N2O2. The number of carbonyl (C=O) groups is 2. The van der Waals surface area contributed by atoms with Crippen molar-refractivity contribution >= 4 is 52.7 Å². The summed E-state index contributed by atoms with van der Waals surface area (Å²) >= 11 is 17.7. The highest BCUT2D eigenvalue weighted by Gasteiger charge is 2.16. The summed E-state index contributed by atoms with van der Waals surface area (Å²) < 4.78 is 0. The third kappa shape index (κ3) is 4.74. The smallest absolute Gasteiger partial charge is 0.267 e. The Morgan fingerprint density at radius 3 is 2.17 bits per heavy atom. The Balaban J connectivity index is 2.30. The fourth-order valence-corrected chi connectivity index (χ4v) is 2.50. The lowest BCUT2D eigenvalue weighted by atomic mass is 10.1. The molecule has 2 rings (SSSR count). The second kappa shape index (κ2) is 8.20. The van der Waals surface area contributed by atoms with E-state index in [9.17, 15) is 9.59 Å². The van der Waals surface area contributed by atoms with Crippen LogP contribution in [0.25, 0.3) is 6.08 Å². The predicted molar refractivity (Wildman–Crippen MR) is 97.4 cm³/mol. The Kier molecular flexibility index (Phi) is 6.26. The third-order valence-corrected chi connectivity index (χ3v) is 3.88. The van der Waals surface area contributed by atoms with E-state index < -0.39 is 11.8 Å². The van der Waals surface area contributed by atoms with E-state index in [4.69, 9.17) is 34.8 Å². The van der Waals surface area contributed by atoms with Crippen molar-refractivity contribution in [2.75, 3.05) is 7.05 Å². The molecule has 0 heterocycles. The van der Waals surface area contributed by atoms with Crippen molar-refractivity contribution < 1.29 is 9.59 Å². The van der Waals surface area contributed by atoms with Crippen molar-refractivity contribution in [3.05, 3.63) is 74.4 Å². The zero-order valence-corrected chi connectivity index (χ0v) is 14.8. The molecule has 0 atom stereocenters. The molecule has 2 amide bonds. The Morgan fingerprint density at radius 2 is 1.58 bits per heavy atom. The van der Waals surface area contributed by atoms with Crippen molar-refractivity contribution in [3.8, 4) is 0 Å². The van der Waals surface area contributed by atoms with Crippen LogP contribution in [0.2, 0.25) is 15.1 Å². The van der Waals surface area contributed by atoms with E-state index in [1.165, 1.54) is 25.3 Å². The number of halogens is 3. The van der Waals surface area contributed by atoms with Gasteiger partial charge in [0.15, 0.2) is 0 Å². The molecule has 0 unspecified atom stereocenters. The zero-order chi connectivity index (χ0) is 17.7. The van der Waals surface area contributed by atoms with Gasteiger partial charge in [-0.1, -0.05) is 46.9 Å². The van der Waals surface area contributed by atoms with Crippen LogP contribution in [0.5, 0.6) is 0 Å². The lowest BCUT2D eigenvalue weighted by Crippen LogP contribution is -2.33. The Labute approximate surface area is 154 Å². The summed E-state index contributed by atoms with van der Waals surface area (Å²) in [6, 6.07) is 11.3. The van der Waals surface area contributed by atoms with Crippen molar-refractivity contribution in [1.82, 2.24) is 10.6 Å². The topological polar surface area (TPSA) is 58.2 Å². The molecule has 0 aliphatic rings. The van der Waals surface area contributed by atoms with E-state index in [2.05, 4.69) is 10.6 Å². The molecule has 0 aliphatic carbocycles. The SMILES string of the molecule is CNC(=O)C(=Cc1ccc(Cl)cc1)NC(=O)c1ccc(Cl)cc1Cl. The van der Waals surface area contributed by atoms with Gasteiger partial charge in [-0.2, -0.15) is 0 Å². The second-order valence-electron chi connectivity index (χ2n) is 4.77. The number of hydrogen-bond acceptors (Lipinski definition) is 2. The molecular weight excluding hydrogens is 371 g/mol. The molecule has 0 saturated carbocycles. The second-order valence-corrected chi connectivity index (χ2v) is 6.05. The number of benzene rings is 2. The summed E-state index contributed by atoms with van der Waals surface area (Å²) in [5.41, 5.74) is 1.00. The van der Waals surface area contributed by atoms with Crippen LogP contribution < -0.4 is 10.6 Å². The van der Waals surface area contributed by atoms with Gasteiger partial charge in [0.1, 0.15) is 5.70 Å². The first kappa shape index (κ1) is 18.3. The van der Waals surface area contributed by atoms with Crippen LogP contribution in [0.1, 0.15) is 15.9 Å². The molecule has 24 heavy (non-hydrogen) atoms. The average molecular weight is 384 g/mol. The first-order valence-electron chi connectivity index (χ1n) is 6.86. The van der Waals surface area contributed by atoms with Crippen LogP contribution in [-0.2, 0) is 4.79 Å². The molecule has 0 aliphatic heterocycles. The number of likely N-dealkylation sites (N-methyl/N-ethyl adjacent to an activating group) is 1. The van der Waals surface area contributed by atoms with Crippen LogP contribution in [0.15, 0.2) is 48.2 Å². The average Bonchev–Trinajstić information content (AvgIpc) is 2.55. The lowest BCUT2D eigenvalue weighted by Gasteiger charge is -2.10. The maximum absolute atomic E-state index is 12.4. The van der Waals surface area contributed by atoms with Gasteiger partial charge < -0.3 is 10.6 Å². The monoisotopic (exact) mass is 382 g/mol. The minimum atomic E-state index is -0.513. The Bertz CT molecular complexity index is 802. The largest absolute Gasteiger partial charge is 0.354 e. The van der Waals surface area contributed by atoms with E-state index in [-0.39, 0.29) is 16.3 Å². The van der Waals surface area contributed by atoms with Gasteiger partial charge in [-0.15, -0.1) is 0 Å². The fraction of sp³-hybridized carbons (Fsp3) is 0.0588. The van der Waals surface area contributed by atoms with Crippen molar-refractivity contribution in [3.63, 3.8) is 0 Å². The Morgan fingerprint density at radius 1 is 0.958 bits per heavy atom. The summed E-state index contributed by atoms with van der Waals surface area (Å²) in [6.07, 6.45) is 1.54. The van der Waals surface area contributed by atoms with Gasteiger partial charge in [-0.3, -0.25) is 9.59 Å². The van der Waals surface area contributed by atoms with Crippen LogP contribution in [-0.4, -0.2) is 18.9 Å². The standard InChI is InChI=1S/C17H13Cl3N2O2/c1-21-17(24)15(8-10-2-4-11(18)5-3-10)22-16(23)13-7-6-12(19)9-14(13)20/h2-9H,1H3,(H,21,24)(H,22,23). The van der Waals surface area contributed by atoms with Crippen LogP contribution in [0.4, 0.5) is 0 Å². The Hall–Kier alpha value is -2.01. The summed E-state index contributed by atoms with van der Waals surface area (Å²) in [7, 11) is 1.47. The van der Waals surface area contributed by atoms with Crippen LogP contribution >= 0.6 is 34.8 Å². The number of carbonyl (C=O) groups excluding carboxylic acids is 2. The summed E-state index contributed by atoms with van der Waals surface area (Å²) in [5.74, 6) is -0.955. The molecule has 0 saturated heterocycles. The first-order chi connectivity index (χ1) is 11.4. The molecule has 7 heteroatoms. The molecule has 0 spiro atoms. The van der Waals surface area contributed by atoms with Crippen molar-refractivity contribution in [1.29, 1.82) is 0 Å². The van der Waals surface area contributed by atoms with Crippen molar-refractivity contribution in [2.24, 2.45) is 0 Å². The fourth-order valence-electron chi connectivity index (χ4n) is 1.88. The molecule has 2 aromatic rings. The van der Waals surface area contributed by atoms with Gasteiger partial charge in [0.05, 0.1) is 10.6 Å². The van der Waals surface area contributed by atoms with Gasteiger partial charge in [0.2, 0.25) is 0 Å². The van der Waals surface area contributed by atoms with E-state index in [1.807, 2.05) is 0 Å². The van der Waals surface area contributed by atoms with Crippen LogP contribution in [0, 0.1) is 0 Å². The van der Waals surface area contributed by atoms with E-state index in [1.54, 1.807) is 30.3 Å². The highest BCUT2D eigenvalue weighted by Crippen LogP contribution is 2.21. The molecule has 2 N–H and O–H groups in total. The van der Waals surface area contributed by atoms with E-state index in [0.29, 0.717) is 15.6 Å². The first-order valence-corrected chi connectivity index (χ1v) is 8.00. The van der Waals surface area contributed by atoms with Gasteiger partial charge in [-0.25, -0.2) is 0 Å². The molecule has 0 aromatic heterocycles. The molecule has 2 aromatic carbocycles. The number of rotatable bonds is 4. The molecule has 0 radical (unpaired) electrons. The van der Waals surface area contributed by atoms with Gasteiger partial charge in [-0.05, 0) is 42.0 Å². The maximum Gasteiger partial charge on any atom is 0.267 e. The molecule has 0 bridgehead atoms. The summed E-state index contributed by atoms with van der Waals surface area (Å²) in [6.45, 7) is 0. The number of hydrogen-bond donors (Lipinski definition) is 2. The predicted octanol–water partition coefficient (Wildman–Crippen LogP) is 4.16. The van der Waals surface area contributed by atoms with E-state index in [0.717, 1.165) is 0 Å². The number of nitrogens with one attached hydrogen (secondary N) is 2. The number of amides is 2. The molecule has 124 valence electrons. The lowest BCUT2D eigenvalue weighted by molar-refractivity contribution is -0.117. The van der Waals surface area contributed by atoms with Crippen molar-refractivity contribution in [2.45, 2.75) is 0 Å². The third-order valence-electron chi connectivity index (χ3n) is 3.08. The molecule has 0 fully saturated rings. The van der Waals surface area contributed by atoms with Gasteiger partial charge >= 0.3 is 0 Å². The van der Waals surface area contributed by atoms with Gasteiger partial charge in [0.25, 0.3) is 11.8 Å².